The Morgan fingerprint density at radius 2 is 1.38 bits per heavy atom. The molecule has 26 heavy (non-hydrogen) atoms. The van der Waals surface area contributed by atoms with Crippen molar-refractivity contribution in [3.63, 3.8) is 0 Å². The number of nitrogens with zero attached hydrogens (tertiary/aromatic N) is 2. The number of hydrogen-bond acceptors (Lipinski definition) is 4. The van der Waals surface area contributed by atoms with Crippen molar-refractivity contribution in [3.05, 3.63) is 83.6 Å². The minimum absolute atomic E-state index is 0.695. The van der Waals surface area contributed by atoms with E-state index in [1.54, 1.807) is 0 Å². The summed E-state index contributed by atoms with van der Waals surface area (Å²) in [5, 5.41) is 6.74. The number of hydrogen-bond donors (Lipinski definition) is 2. The van der Waals surface area contributed by atoms with Gasteiger partial charge in [0.25, 0.3) is 0 Å². The van der Waals surface area contributed by atoms with Gasteiger partial charge in [0, 0.05) is 24.8 Å². The van der Waals surface area contributed by atoms with Gasteiger partial charge in [-0.15, -0.1) is 0 Å². The van der Waals surface area contributed by atoms with Gasteiger partial charge < -0.3 is 10.6 Å². The van der Waals surface area contributed by atoms with Crippen molar-refractivity contribution in [2.45, 2.75) is 26.2 Å². The molecule has 0 aliphatic heterocycles. The summed E-state index contributed by atoms with van der Waals surface area (Å²) in [4.78, 5) is 9.06. The van der Waals surface area contributed by atoms with E-state index in [-0.39, 0.29) is 0 Å². The summed E-state index contributed by atoms with van der Waals surface area (Å²) in [5.74, 6) is 1.57. The largest absolute Gasteiger partial charge is 0.370 e. The first-order chi connectivity index (χ1) is 12.8. The molecule has 0 aliphatic rings. The Bertz CT molecular complexity index is 788. The van der Waals surface area contributed by atoms with E-state index in [0.717, 1.165) is 43.9 Å². The third-order valence-corrected chi connectivity index (χ3v) is 4.18. The molecular formula is C22H26N4. The van der Waals surface area contributed by atoms with Crippen LogP contribution in [0.4, 0.5) is 11.8 Å². The van der Waals surface area contributed by atoms with Crippen LogP contribution < -0.4 is 10.6 Å². The fraction of sp³-hybridized carbons (Fsp3) is 0.273. The van der Waals surface area contributed by atoms with E-state index in [0.29, 0.717) is 5.95 Å². The van der Waals surface area contributed by atoms with Crippen molar-refractivity contribution in [3.8, 4) is 0 Å². The molecule has 0 aliphatic carbocycles. The molecule has 0 spiro atoms. The topological polar surface area (TPSA) is 49.8 Å². The number of aromatic nitrogens is 2. The van der Waals surface area contributed by atoms with Crippen LogP contribution in [0.3, 0.4) is 0 Å². The lowest BCUT2D eigenvalue weighted by Crippen LogP contribution is -2.11. The number of aryl methyl sites for hydroxylation is 2. The average Bonchev–Trinajstić information content (AvgIpc) is 2.67. The predicted octanol–water partition coefficient (Wildman–Crippen LogP) is 4.48. The van der Waals surface area contributed by atoms with Crippen molar-refractivity contribution in [1.82, 2.24) is 9.97 Å². The van der Waals surface area contributed by atoms with Gasteiger partial charge in [-0.25, -0.2) is 4.98 Å². The highest BCUT2D eigenvalue weighted by Gasteiger charge is 2.02. The summed E-state index contributed by atoms with van der Waals surface area (Å²) in [6, 6.07) is 23.0. The molecule has 0 bridgehead atoms. The molecule has 4 heteroatoms. The highest BCUT2D eigenvalue weighted by molar-refractivity contribution is 5.42. The van der Waals surface area contributed by atoms with E-state index in [2.05, 4.69) is 75.2 Å². The smallest absolute Gasteiger partial charge is 0.224 e. The Kier molecular flexibility index (Phi) is 6.59. The maximum Gasteiger partial charge on any atom is 0.224 e. The quantitative estimate of drug-likeness (QED) is 0.561. The molecule has 0 atom stereocenters. The van der Waals surface area contributed by atoms with Gasteiger partial charge in [-0.2, -0.15) is 4.98 Å². The molecule has 0 radical (unpaired) electrons. The lowest BCUT2D eigenvalue weighted by atomic mass is 10.1. The predicted molar refractivity (Wildman–Crippen MR) is 109 cm³/mol. The van der Waals surface area contributed by atoms with Crippen LogP contribution in [0.1, 0.15) is 23.2 Å². The van der Waals surface area contributed by atoms with Crippen molar-refractivity contribution in [2.24, 2.45) is 0 Å². The molecule has 2 N–H and O–H groups in total. The summed E-state index contributed by atoms with van der Waals surface area (Å²) >= 11 is 0. The summed E-state index contributed by atoms with van der Waals surface area (Å²) in [7, 11) is 0. The first-order valence-corrected chi connectivity index (χ1v) is 9.21. The third-order valence-electron chi connectivity index (χ3n) is 4.18. The minimum atomic E-state index is 0.695. The molecule has 4 nitrogen and oxygen atoms in total. The van der Waals surface area contributed by atoms with Crippen LogP contribution in [0.5, 0.6) is 0 Å². The maximum atomic E-state index is 4.58. The second kappa shape index (κ2) is 9.56. The van der Waals surface area contributed by atoms with E-state index in [1.165, 1.54) is 11.1 Å². The van der Waals surface area contributed by atoms with Gasteiger partial charge in [0.1, 0.15) is 5.82 Å². The van der Waals surface area contributed by atoms with E-state index in [9.17, 15) is 0 Å². The number of rotatable bonds is 9. The van der Waals surface area contributed by atoms with Crippen LogP contribution in [0.15, 0.2) is 66.7 Å². The van der Waals surface area contributed by atoms with Crippen LogP contribution in [0, 0.1) is 6.92 Å². The van der Waals surface area contributed by atoms with E-state index >= 15 is 0 Å². The molecule has 134 valence electrons. The second-order valence-corrected chi connectivity index (χ2v) is 6.40. The van der Waals surface area contributed by atoms with Crippen LogP contribution in [-0.2, 0) is 12.8 Å². The molecule has 3 aromatic rings. The Balaban J connectivity index is 1.46. The first kappa shape index (κ1) is 17.9. The highest BCUT2D eigenvalue weighted by Crippen LogP contribution is 2.11. The Hall–Kier alpha value is -2.88. The fourth-order valence-corrected chi connectivity index (χ4v) is 2.86. The van der Waals surface area contributed by atoms with E-state index in [1.807, 2.05) is 19.1 Å². The molecule has 0 saturated carbocycles. The average molecular weight is 346 g/mol. The summed E-state index contributed by atoms with van der Waals surface area (Å²) in [5.41, 5.74) is 3.65. The Labute approximate surface area is 155 Å². The van der Waals surface area contributed by atoms with Crippen molar-refractivity contribution in [2.75, 3.05) is 23.7 Å². The maximum absolute atomic E-state index is 4.58. The zero-order valence-electron chi connectivity index (χ0n) is 15.3. The number of nitrogens with one attached hydrogen (secondary N) is 2. The van der Waals surface area contributed by atoms with Crippen LogP contribution in [0.2, 0.25) is 0 Å². The first-order valence-electron chi connectivity index (χ1n) is 9.21. The van der Waals surface area contributed by atoms with Gasteiger partial charge in [-0.05, 0) is 37.3 Å². The standard InChI is InChI=1S/C22H26N4/c1-18-17-21(23-16-14-20-11-6-3-7-12-20)26-22(25-18)24-15-8-13-19-9-4-2-5-10-19/h2-7,9-12,17H,8,13-16H2,1H3,(H2,23,24,25,26). The fourth-order valence-electron chi connectivity index (χ4n) is 2.86. The highest BCUT2D eigenvalue weighted by atomic mass is 15.1. The lowest BCUT2D eigenvalue weighted by Gasteiger charge is -2.10. The summed E-state index contributed by atoms with van der Waals surface area (Å²) < 4.78 is 0. The molecule has 0 unspecified atom stereocenters. The van der Waals surface area contributed by atoms with Gasteiger partial charge in [-0.3, -0.25) is 0 Å². The lowest BCUT2D eigenvalue weighted by molar-refractivity contribution is 0.851. The van der Waals surface area contributed by atoms with Crippen LogP contribution in [-0.4, -0.2) is 23.1 Å². The summed E-state index contributed by atoms with van der Waals surface area (Å²) in [6.07, 6.45) is 3.09. The molecule has 0 saturated heterocycles. The van der Waals surface area contributed by atoms with Crippen molar-refractivity contribution in [1.29, 1.82) is 0 Å². The SMILES string of the molecule is Cc1cc(NCCc2ccccc2)nc(NCCCc2ccccc2)n1. The van der Waals surface area contributed by atoms with Crippen molar-refractivity contribution >= 4 is 11.8 Å². The second-order valence-electron chi connectivity index (χ2n) is 6.40. The van der Waals surface area contributed by atoms with Crippen molar-refractivity contribution < 1.29 is 0 Å². The molecule has 1 aromatic heterocycles. The third kappa shape index (κ3) is 5.88. The Morgan fingerprint density at radius 1 is 0.731 bits per heavy atom. The monoisotopic (exact) mass is 346 g/mol. The van der Waals surface area contributed by atoms with Gasteiger partial charge in [-0.1, -0.05) is 60.7 Å². The van der Waals surface area contributed by atoms with Crippen LogP contribution in [0.25, 0.3) is 0 Å². The molecule has 3 rings (SSSR count). The van der Waals surface area contributed by atoms with E-state index in [4.69, 9.17) is 0 Å². The zero-order valence-corrected chi connectivity index (χ0v) is 15.3. The Morgan fingerprint density at radius 3 is 2.08 bits per heavy atom. The van der Waals surface area contributed by atoms with Gasteiger partial charge >= 0.3 is 0 Å². The van der Waals surface area contributed by atoms with Gasteiger partial charge in [0.15, 0.2) is 0 Å². The number of anilines is 2. The molecule has 1 heterocycles. The number of benzene rings is 2. The molecular weight excluding hydrogens is 320 g/mol. The minimum Gasteiger partial charge on any atom is -0.370 e. The molecule has 2 aromatic carbocycles. The van der Waals surface area contributed by atoms with E-state index < -0.39 is 0 Å². The zero-order chi connectivity index (χ0) is 18.0. The van der Waals surface area contributed by atoms with Gasteiger partial charge in [0.2, 0.25) is 5.95 Å². The molecule has 0 fully saturated rings. The normalized spacial score (nSPS) is 10.5. The van der Waals surface area contributed by atoms with Crippen LogP contribution >= 0.6 is 0 Å². The summed E-state index contributed by atoms with van der Waals surface area (Å²) in [6.45, 7) is 3.72. The van der Waals surface area contributed by atoms with Gasteiger partial charge in [0.05, 0.1) is 0 Å². The molecule has 0 amide bonds.